The third kappa shape index (κ3) is 4.41. The van der Waals surface area contributed by atoms with Crippen LogP contribution in [0.3, 0.4) is 0 Å². The minimum atomic E-state index is -0.285. The summed E-state index contributed by atoms with van der Waals surface area (Å²) in [6, 6.07) is 14.4. The van der Waals surface area contributed by atoms with Crippen molar-refractivity contribution in [1.82, 2.24) is 15.1 Å². The predicted octanol–water partition coefficient (Wildman–Crippen LogP) is 0.996. The average Bonchev–Trinajstić information content (AvgIpc) is 2.76. The molecule has 0 atom stereocenters. The number of rotatable bonds is 5. The summed E-state index contributed by atoms with van der Waals surface area (Å²) in [5.41, 5.74) is 0.0156. The summed E-state index contributed by atoms with van der Waals surface area (Å²) < 4.78 is 5.76. The quantitative estimate of drug-likeness (QED) is 0.654. The number of piperazine rings is 1. The lowest BCUT2D eigenvalue weighted by molar-refractivity contribution is -0.903. The number of ether oxygens (including phenoxy) is 1. The van der Waals surface area contributed by atoms with Gasteiger partial charge in [-0.2, -0.15) is 5.10 Å². The number of nitrogens with zero attached hydrogens (tertiary/aromatic N) is 2. The molecule has 0 spiro atoms. The molecule has 8 heteroatoms. The van der Waals surface area contributed by atoms with Crippen LogP contribution in [0.2, 0.25) is 5.02 Å². The maximum Gasteiger partial charge on any atom is 0.275 e. The number of hydrogen-bond acceptors (Lipinski definition) is 4. The molecule has 0 aliphatic carbocycles. The van der Waals surface area contributed by atoms with Gasteiger partial charge in [0.1, 0.15) is 18.9 Å². The van der Waals surface area contributed by atoms with Crippen molar-refractivity contribution in [2.24, 2.45) is 0 Å². The van der Waals surface area contributed by atoms with E-state index >= 15 is 0 Å². The van der Waals surface area contributed by atoms with Crippen LogP contribution < -0.4 is 15.2 Å². The molecule has 0 unspecified atom stereocenters. The van der Waals surface area contributed by atoms with Crippen LogP contribution in [0.5, 0.6) is 5.75 Å². The standard InChI is InChI=1S/C21H21ClN4O3/c22-15-5-7-16(8-6-15)29-14-13-25-9-11-26(12-10-25)21(28)19-17-3-1-2-4-18(17)20(27)24-23-19/h1-8H,9-14H2,(H,24,27)/p+1. The van der Waals surface area contributed by atoms with Gasteiger partial charge in [0.15, 0.2) is 5.69 Å². The van der Waals surface area contributed by atoms with E-state index in [4.69, 9.17) is 16.3 Å². The second-order valence-electron chi connectivity index (χ2n) is 7.04. The van der Waals surface area contributed by atoms with Gasteiger partial charge in [-0.15, -0.1) is 0 Å². The normalized spacial score (nSPS) is 14.9. The van der Waals surface area contributed by atoms with Gasteiger partial charge in [-0.1, -0.05) is 29.8 Å². The van der Waals surface area contributed by atoms with E-state index in [0.717, 1.165) is 25.4 Å². The number of hydrogen-bond donors (Lipinski definition) is 2. The maximum atomic E-state index is 13.0. The molecular weight excluding hydrogens is 392 g/mol. The number of aromatic amines is 1. The van der Waals surface area contributed by atoms with Gasteiger partial charge in [0.2, 0.25) is 0 Å². The van der Waals surface area contributed by atoms with E-state index in [1.54, 1.807) is 23.1 Å². The first-order valence-electron chi connectivity index (χ1n) is 9.60. The fourth-order valence-corrected chi connectivity index (χ4v) is 3.67. The van der Waals surface area contributed by atoms with Crippen molar-refractivity contribution in [3.63, 3.8) is 0 Å². The van der Waals surface area contributed by atoms with E-state index in [1.807, 2.05) is 30.3 Å². The van der Waals surface area contributed by atoms with E-state index in [-0.39, 0.29) is 11.5 Å². The molecule has 7 nitrogen and oxygen atoms in total. The number of amides is 1. The Kier molecular flexibility index (Phi) is 5.78. The Labute approximate surface area is 172 Å². The van der Waals surface area contributed by atoms with Crippen molar-refractivity contribution in [3.8, 4) is 5.75 Å². The summed E-state index contributed by atoms with van der Waals surface area (Å²) in [5, 5.41) is 8.22. The van der Waals surface area contributed by atoms with Crippen LogP contribution in [0, 0.1) is 0 Å². The van der Waals surface area contributed by atoms with Crippen LogP contribution in [0.25, 0.3) is 10.8 Å². The van der Waals surface area contributed by atoms with Crippen LogP contribution >= 0.6 is 11.6 Å². The van der Waals surface area contributed by atoms with Crippen LogP contribution in [0.4, 0.5) is 0 Å². The van der Waals surface area contributed by atoms with Gasteiger partial charge in [0, 0.05) is 10.4 Å². The zero-order valence-electron chi connectivity index (χ0n) is 15.9. The lowest BCUT2D eigenvalue weighted by Gasteiger charge is -2.32. The van der Waals surface area contributed by atoms with Gasteiger partial charge in [0.25, 0.3) is 11.5 Å². The van der Waals surface area contributed by atoms with E-state index in [0.29, 0.717) is 41.2 Å². The van der Waals surface area contributed by atoms with Crippen molar-refractivity contribution in [2.45, 2.75) is 0 Å². The number of H-pyrrole nitrogens is 1. The summed E-state index contributed by atoms with van der Waals surface area (Å²) in [6.07, 6.45) is 0. The number of aromatic nitrogens is 2. The number of quaternary nitrogens is 1. The van der Waals surface area contributed by atoms with Crippen molar-refractivity contribution in [1.29, 1.82) is 0 Å². The number of carbonyl (C=O) groups is 1. The molecule has 4 rings (SSSR count). The molecule has 1 aliphatic rings. The maximum absolute atomic E-state index is 13.0. The summed E-state index contributed by atoms with van der Waals surface area (Å²) in [6.45, 7) is 4.45. The molecule has 1 aromatic heterocycles. The van der Waals surface area contributed by atoms with Crippen molar-refractivity contribution in [2.75, 3.05) is 39.3 Å². The van der Waals surface area contributed by atoms with Gasteiger partial charge in [-0.05, 0) is 30.3 Å². The molecule has 1 aliphatic heterocycles. The van der Waals surface area contributed by atoms with Crippen LogP contribution in [0.1, 0.15) is 10.5 Å². The van der Waals surface area contributed by atoms with Crippen molar-refractivity contribution >= 4 is 28.3 Å². The molecule has 3 aromatic rings. The Balaban J connectivity index is 1.33. The fraction of sp³-hybridized carbons (Fsp3) is 0.286. The molecule has 1 fully saturated rings. The smallest absolute Gasteiger partial charge is 0.275 e. The Morgan fingerprint density at radius 2 is 1.79 bits per heavy atom. The van der Waals surface area contributed by atoms with E-state index in [1.165, 1.54) is 4.90 Å². The van der Waals surface area contributed by atoms with E-state index < -0.39 is 0 Å². The largest absolute Gasteiger partial charge is 0.488 e. The minimum absolute atomic E-state index is 0.145. The monoisotopic (exact) mass is 413 g/mol. The van der Waals surface area contributed by atoms with E-state index in [2.05, 4.69) is 10.2 Å². The Morgan fingerprint density at radius 1 is 1.10 bits per heavy atom. The summed E-state index contributed by atoms with van der Waals surface area (Å²) in [5.74, 6) is 0.660. The highest BCUT2D eigenvalue weighted by atomic mass is 35.5. The molecule has 0 radical (unpaired) electrons. The van der Waals surface area contributed by atoms with Crippen LogP contribution in [-0.4, -0.2) is 60.3 Å². The predicted molar refractivity (Wildman–Crippen MR) is 111 cm³/mol. The van der Waals surface area contributed by atoms with Crippen LogP contribution in [0.15, 0.2) is 53.3 Å². The molecule has 2 heterocycles. The number of fused-ring (bicyclic) bond motifs is 1. The minimum Gasteiger partial charge on any atom is -0.488 e. The van der Waals surface area contributed by atoms with Gasteiger partial charge in [-0.3, -0.25) is 9.59 Å². The van der Waals surface area contributed by atoms with Crippen LogP contribution in [-0.2, 0) is 0 Å². The summed E-state index contributed by atoms with van der Waals surface area (Å²) in [7, 11) is 0. The molecule has 0 saturated carbocycles. The summed E-state index contributed by atoms with van der Waals surface area (Å²) in [4.78, 5) is 28.1. The van der Waals surface area contributed by atoms with Crippen molar-refractivity contribution in [3.05, 3.63) is 69.6 Å². The molecule has 2 aromatic carbocycles. The van der Waals surface area contributed by atoms with E-state index in [9.17, 15) is 9.59 Å². The highest BCUT2D eigenvalue weighted by Crippen LogP contribution is 2.15. The Bertz CT molecular complexity index is 1060. The number of halogens is 1. The molecule has 2 N–H and O–H groups in total. The first-order chi connectivity index (χ1) is 14.1. The molecule has 1 amide bonds. The topological polar surface area (TPSA) is 79.7 Å². The average molecular weight is 414 g/mol. The van der Waals surface area contributed by atoms with Gasteiger partial charge >= 0.3 is 0 Å². The molecule has 150 valence electrons. The number of benzene rings is 2. The van der Waals surface area contributed by atoms with Crippen molar-refractivity contribution < 1.29 is 14.4 Å². The van der Waals surface area contributed by atoms with Gasteiger partial charge in [-0.25, -0.2) is 5.10 Å². The second-order valence-corrected chi connectivity index (χ2v) is 7.48. The molecule has 0 bridgehead atoms. The molecule has 29 heavy (non-hydrogen) atoms. The summed E-state index contributed by atoms with van der Waals surface area (Å²) >= 11 is 5.88. The lowest BCUT2D eigenvalue weighted by Crippen LogP contribution is -3.15. The third-order valence-corrected chi connectivity index (χ3v) is 5.45. The first-order valence-corrected chi connectivity index (χ1v) is 9.98. The molecular formula is C21H22ClN4O3+. The molecule has 1 saturated heterocycles. The lowest BCUT2D eigenvalue weighted by atomic mass is 10.1. The zero-order chi connectivity index (χ0) is 20.2. The number of carbonyl (C=O) groups excluding carboxylic acids is 1. The zero-order valence-corrected chi connectivity index (χ0v) is 16.6. The fourth-order valence-electron chi connectivity index (χ4n) is 3.55. The Morgan fingerprint density at radius 3 is 2.52 bits per heavy atom. The van der Waals surface area contributed by atoms with Gasteiger partial charge < -0.3 is 14.5 Å². The highest BCUT2D eigenvalue weighted by molar-refractivity contribution is 6.30. The number of nitrogens with one attached hydrogen (secondary N) is 2. The first kappa shape index (κ1) is 19.4. The van der Waals surface area contributed by atoms with Gasteiger partial charge in [0.05, 0.1) is 31.6 Å². The highest BCUT2D eigenvalue weighted by Gasteiger charge is 2.26. The Hall–Kier alpha value is -2.90. The third-order valence-electron chi connectivity index (χ3n) is 5.19. The second kappa shape index (κ2) is 8.63. The SMILES string of the molecule is O=C(c1n[nH]c(=O)c2ccccc12)N1CC[NH+](CCOc2ccc(Cl)cc2)CC1.